The third-order valence-electron chi connectivity index (χ3n) is 6.26. The van der Waals surface area contributed by atoms with Crippen LogP contribution in [0.25, 0.3) is 0 Å². The SMILES string of the molecule is CCC1(C)CCN(C(=NC)NCC2(N3CCOCC3)CCSC2)C1. The van der Waals surface area contributed by atoms with Gasteiger partial charge in [0.25, 0.3) is 0 Å². The van der Waals surface area contributed by atoms with Crippen LogP contribution in [0.4, 0.5) is 0 Å². The van der Waals surface area contributed by atoms with Crippen molar-refractivity contribution >= 4 is 17.7 Å². The van der Waals surface area contributed by atoms with Gasteiger partial charge in [0.1, 0.15) is 0 Å². The highest BCUT2D eigenvalue weighted by Gasteiger charge is 2.41. The first-order chi connectivity index (χ1) is 11.6. The van der Waals surface area contributed by atoms with Crippen molar-refractivity contribution in [3.05, 3.63) is 0 Å². The summed E-state index contributed by atoms with van der Waals surface area (Å²) in [6.07, 6.45) is 3.79. The summed E-state index contributed by atoms with van der Waals surface area (Å²) in [4.78, 5) is 9.71. The van der Waals surface area contributed by atoms with Gasteiger partial charge in [0.15, 0.2) is 5.96 Å². The molecule has 138 valence electrons. The van der Waals surface area contributed by atoms with Crippen LogP contribution in [0.15, 0.2) is 4.99 Å². The maximum Gasteiger partial charge on any atom is 0.193 e. The number of nitrogens with zero attached hydrogens (tertiary/aromatic N) is 3. The number of guanidine groups is 1. The molecule has 0 aromatic rings. The molecule has 5 nitrogen and oxygen atoms in total. The smallest absolute Gasteiger partial charge is 0.193 e. The second-order valence-electron chi connectivity index (χ2n) is 7.86. The maximum atomic E-state index is 5.57. The van der Waals surface area contributed by atoms with E-state index < -0.39 is 0 Å². The summed E-state index contributed by atoms with van der Waals surface area (Å²) in [5.41, 5.74) is 0.723. The number of likely N-dealkylation sites (tertiary alicyclic amines) is 1. The summed E-state index contributed by atoms with van der Waals surface area (Å²) in [6.45, 7) is 11.9. The van der Waals surface area contributed by atoms with E-state index in [2.05, 4.69) is 45.7 Å². The summed E-state index contributed by atoms with van der Waals surface area (Å²) in [5, 5.41) is 3.73. The van der Waals surface area contributed by atoms with Gasteiger partial charge in [-0.25, -0.2) is 0 Å². The number of aliphatic imine (C=N–C) groups is 1. The van der Waals surface area contributed by atoms with E-state index in [1.54, 1.807) is 0 Å². The Hall–Kier alpha value is -0.460. The van der Waals surface area contributed by atoms with Crippen LogP contribution in [0.2, 0.25) is 0 Å². The number of nitrogens with one attached hydrogen (secondary N) is 1. The van der Waals surface area contributed by atoms with Crippen LogP contribution in [0.1, 0.15) is 33.1 Å². The van der Waals surface area contributed by atoms with Crippen molar-refractivity contribution in [3.8, 4) is 0 Å². The lowest BCUT2D eigenvalue weighted by atomic mass is 9.87. The predicted octanol–water partition coefficient (Wildman–Crippen LogP) is 1.89. The first-order valence-corrected chi connectivity index (χ1v) is 10.6. The van der Waals surface area contributed by atoms with Crippen LogP contribution in [0, 0.1) is 5.41 Å². The van der Waals surface area contributed by atoms with Crippen LogP contribution in [0.3, 0.4) is 0 Å². The average Bonchev–Trinajstić information content (AvgIpc) is 3.25. The minimum atomic E-state index is 0.276. The number of hydrogen-bond donors (Lipinski definition) is 1. The molecular formula is C18H34N4OS. The first-order valence-electron chi connectivity index (χ1n) is 9.47. The van der Waals surface area contributed by atoms with Gasteiger partial charge >= 0.3 is 0 Å². The molecular weight excluding hydrogens is 320 g/mol. The van der Waals surface area contributed by atoms with Crippen molar-refractivity contribution in [1.82, 2.24) is 15.1 Å². The van der Waals surface area contributed by atoms with Crippen molar-refractivity contribution in [3.63, 3.8) is 0 Å². The molecule has 2 atom stereocenters. The molecule has 3 saturated heterocycles. The monoisotopic (exact) mass is 354 g/mol. The van der Waals surface area contributed by atoms with Crippen molar-refractivity contribution in [1.29, 1.82) is 0 Å². The number of thioether (sulfide) groups is 1. The first kappa shape index (κ1) is 18.3. The fraction of sp³-hybridized carbons (Fsp3) is 0.944. The number of ether oxygens (including phenoxy) is 1. The third-order valence-corrected chi connectivity index (χ3v) is 7.50. The summed E-state index contributed by atoms with van der Waals surface area (Å²) >= 11 is 2.09. The molecule has 2 unspecified atom stereocenters. The molecule has 0 saturated carbocycles. The van der Waals surface area contributed by atoms with Crippen molar-refractivity contribution in [2.24, 2.45) is 10.4 Å². The van der Waals surface area contributed by atoms with E-state index in [1.165, 1.54) is 30.8 Å². The van der Waals surface area contributed by atoms with E-state index in [9.17, 15) is 0 Å². The molecule has 0 spiro atoms. The topological polar surface area (TPSA) is 40.1 Å². The molecule has 3 fully saturated rings. The van der Waals surface area contributed by atoms with E-state index in [0.717, 1.165) is 51.9 Å². The molecule has 24 heavy (non-hydrogen) atoms. The van der Waals surface area contributed by atoms with Crippen LogP contribution in [-0.2, 0) is 4.74 Å². The zero-order valence-corrected chi connectivity index (χ0v) is 16.5. The van der Waals surface area contributed by atoms with E-state index in [0.29, 0.717) is 5.41 Å². The van der Waals surface area contributed by atoms with Crippen molar-refractivity contribution in [2.45, 2.75) is 38.6 Å². The molecule has 0 aromatic heterocycles. The van der Waals surface area contributed by atoms with E-state index in [4.69, 9.17) is 4.74 Å². The Morgan fingerprint density at radius 3 is 2.62 bits per heavy atom. The number of morpholine rings is 1. The molecule has 1 N–H and O–H groups in total. The Labute approximate surface area is 151 Å². The third kappa shape index (κ3) is 3.86. The van der Waals surface area contributed by atoms with E-state index in [1.807, 2.05) is 7.05 Å². The van der Waals surface area contributed by atoms with Gasteiger partial charge in [0, 0.05) is 51.1 Å². The molecule has 3 rings (SSSR count). The van der Waals surface area contributed by atoms with E-state index >= 15 is 0 Å². The lowest BCUT2D eigenvalue weighted by Gasteiger charge is -2.43. The Kier molecular flexibility index (Phi) is 5.98. The zero-order chi connectivity index (χ0) is 17.0. The second kappa shape index (κ2) is 7.83. The van der Waals surface area contributed by atoms with Crippen LogP contribution >= 0.6 is 11.8 Å². The van der Waals surface area contributed by atoms with Gasteiger partial charge < -0.3 is 15.0 Å². The van der Waals surface area contributed by atoms with Crippen LogP contribution < -0.4 is 5.32 Å². The fourth-order valence-electron chi connectivity index (χ4n) is 4.20. The van der Waals surface area contributed by atoms with Crippen molar-refractivity contribution < 1.29 is 4.74 Å². The normalized spacial score (nSPS) is 35.6. The minimum absolute atomic E-state index is 0.276. The van der Waals surface area contributed by atoms with Crippen LogP contribution in [0.5, 0.6) is 0 Å². The van der Waals surface area contributed by atoms with Gasteiger partial charge in [-0.1, -0.05) is 13.8 Å². The Balaban J connectivity index is 1.61. The Morgan fingerprint density at radius 2 is 2.04 bits per heavy atom. The predicted molar refractivity (Wildman–Crippen MR) is 103 cm³/mol. The summed E-state index contributed by atoms with van der Waals surface area (Å²) in [7, 11) is 1.93. The van der Waals surface area contributed by atoms with Gasteiger partial charge in [0.2, 0.25) is 0 Å². The van der Waals surface area contributed by atoms with Gasteiger partial charge in [-0.3, -0.25) is 9.89 Å². The summed E-state index contributed by atoms with van der Waals surface area (Å²) < 4.78 is 5.57. The number of hydrogen-bond acceptors (Lipinski definition) is 4. The molecule has 0 radical (unpaired) electrons. The van der Waals surface area contributed by atoms with Gasteiger partial charge in [-0.05, 0) is 30.4 Å². The zero-order valence-electron chi connectivity index (χ0n) is 15.6. The average molecular weight is 355 g/mol. The maximum absolute atomic E-state index is 5.57. The molecule has 0 bridgehead atoms. The molecule has 0 aliphatic carbocycles. The Morgan fingerprint density at radius 1 is 1.25 bits per heavy atom. The lowest BCUT2D eigenvalue weighted by molar-refractivity contribution is -0.0121. The van der Waals surface area contributed by atoms with E-state index in [-0.39, 0.29) is 5.54 Å². The summed E-state index contributed by atoms with van der Waals surface area (Å²) in [6, 6.07) is 0. The Bertz CT molecular complexity index is 446. The molecule has 3 aliphatic rings. The largest absolute Gasteiger partial charge is 0.379 e. The lowest BCUT2D eigenvalue weighted by Crippen LogP contribution is -2.60. The van der Waals surface area contributed by atoms with Gasteiger partial charge in [-0.15, -0.1) is 0 Å². The highest BCUT2D eigenvalue weighted by molar-refractivity contribution is 7.99. The summed E-state index contributed by atoms with van der Waals surface area (Å²) in [5.74, 6) is 3.59. The molecule has 3 aliphatic heterocycles. The highest BCUT2D eigenvalue weighted by Crippen LogP contribution is 2.35. The number of rotatable bonds is 4. The van der Waals surface area contributed by atoms with Crippen molar-refractivity contribution in [2.75, 3.05) is 64.5 Å². The fourth-order valence-corrected chi connectivity index (χ4v) is 5.68. The van der Waals surface area contributed by atoms with Crippen LogP contribution in [-0.4, -0.2) is 85.8 Å². The highest BCUT2D eigenvalue weighted by atomic mass is 32.2. The van der Waals surface area contributed by atoms with Gasteiger partial charge in [0.05, 0.1) is 13.2 Å². The van der Waals surface area contributed by atoms with Gasteiger partial charge in [-0.2, -0.15) is 11.8 Å². The molecule has 3 heterocycles. The minimum Gasteiger partial charge on any atom is -0.379 e. The molecule has 0 aromatic carbocycles. The second-order valence-corrected chi connectivity index (χ2v) is 8.97. The standard InChI is InChI=1S/C18H34N4OS/c1-4-17(2)5-7-21(14-17)16(19-3)20-13-18(6-12-24-15-18)22-8-10-23-11-9-22/h4-15H2,1-3H3,(H,19,20). The molecule has 0 amide bonds. The molecule has 6 heteroatoms. The quantitative estimate of drug-likeness (QED) is 0.617.